The fourth-order valence-corrected chi connectivity index (χ4v) is 5.32. The molecule has 0 saturated heterocycles. The lowest BCUT2D eigenvalue weighted by molar-refractivity contribution is -0.117. The van der Waals surface area contributed by atoms with Gasteiger partial charge >= 0.3 is 0 Å². The molecule has 126 valence electrons. The highest BCUT2D eigenvalue weighted by Crippen LogP contribution is 2.24. The predicted molar refractivity (Wildman–Crippen MR) is 90.1 cm³/mol. The van der Waals surface area contributed by atoms with Gasteiger partial charge in [-0.15, -0.1) is 6.58 Å². The Kier molecular flexibility index (Phi) is 11.3. The molecule has 0 radical (unpaired) electrons. The molecule has 0 amide bonds. The zero-order valence-electron chi connectivity index (χ0n) is 14.7. The quantitative estimate of drug-likeness (QED) is 0.294. The lowest BCUT2D eigenvalue weighted by atomic mass is 10.0. The third-order valence-corrected chi connectivity index (χ3v) is 9.00. The second kappa shape index (κ2) is 11.4. The van der Waals surface area contributed by atoms with Crippen molar-refractivity contribution in [2.45, 2.75) is 58.0 Å². The van der Waals surface area contributed by atoms with Crippen LogP contribution < -0.4 is 0 Å². The largest absolute Gasteiger partial charge is 0.416 e. The molecule has 0 aromatic rings. The van der Waals surface area contributed by atoms with Gasteiger partial charge in [-0.2, -0.15) is 0 Å². The summed E-state index contributed by atoms with van der Waals surface area (Å²) in [7, 11) is 1.76. The molecule has 0 aromatic heterocycles. The fraction of sp³-hybridized carbons (Fsp3) is 0.875. The van der Waals surface area contributed by atoms with Crippen LogP contribution in [0, 0.1) is 5.92 Å². The maximum absolute atomic E-state index is 6.36. The van der Waals surface area contributed by atoms with E-state index in [2.05, 4.69) is 34.3 Å². The predicted octanol–water partition coefficient (Wildman–Crippen LogP) is 3.83. The van der Waals surface area contributed by atoms with Crippen molar-refractivity contribution in [3.63, 3.8) is 0 Å². The highest BCUT2D eigenvalue weighted by Gasteiger charge is 2.32. The second-order valence-corrected chi connectivity index (χ2v) is 10.3. The molecule has 3 atom stereocenters. The average molecular weight is 319 g/mol. The van der Waals surface area contributed by atoms with Crippen LogP contribution in [0.1, 0.15) is 27.7 Å². The maximum Gasteiger partial charge on any atom is 0.191 e. The summed E-state index contributed by atoms with van der Waals surface area (Å²) in [5, 5.41) is 0. The van der Waals surface area contributed by atoms with Crippen LogP contribution in [-0.4, -0.2) is 48.1 Å². The number of hydrogen-bond donors (Lipinski definition) is 0. The summed E-state index contributed by atoms with van der Waals surface area (Å²) in [6, 6.07) is 3.49. The average Bonchev–Trinajstić information content (AvgIpc) is 2.53. The van der Waals surface area contributed by atoms with Crippen molar-refractivity contribution in [3.05, 3.63) is 12.7 Å². The Morgan fingerprint density at radius 1 is 1.10 bits per heavy atom. The summed E-state index contributed by atoms with van der Waals surface area (Å²) < 4.78 is 22.6. The number of hydrogen-bond acceptors (Lipinski definition) is 4. The van der Waals surface area contributed by atoms with Crippen LogP contribution in [0.2, 0.25) is 18.1 Å². The third-order valence-electron chi connectivity index (χ3n) is 4.35. The molecule has 0 bridgehead atoms. The van der Waals surface area contributed by atoms with Gasteiger partial charge in [-0.25, -0.2) is 0 Å². The normalized spacial score (nSPS) is 16.5. The van der Waals surface area contributed by atoms with Crippen LogP contribution in [0.15, 0.2) is 12.7 Å². The minimum atomic E-state index is -1.56. The molecular formula is C16H34O4Si. The van der Waals surface area contributed by atoms with Crippen molar-refractivity contribution in [1.29, 1.82) is 0 Å². The summed E-state index contributed by atoms with van der Waals surface area (Å²) in [6.07, 6.45) is 1.51. The molecule has 5 heteroatoms. The number of rotatable bonds is 13. The van der Waals surface area contributed by atoms with Gasteiger partial charge in [0.2, 0.25) is 0 Å². The molecule has 0 unspecified atom stereocenters. The first-order valence-electron chi connectivity index (χ1n) is 7.93. The molecule has 0 heterocycles. The fourth-order valence-electron chi connectivity index (χ4n) is 2.59. The molecule has 0 fully saturated rings. The molecule has 0 aliphatic heterocycles. The van der Waals surface area contributed by atoms with Gasteiger partial charge in [-0.05, 0) is 18.1 Å². The van der Waals surface area contributed by atoms with Crippen molar-refractivity contribution >= 4 is 8.32 Å². The van der Waals surface area contributed by atoms with E-state index >= 15 is 0 Å². The van der Waals surface area contributed by atoms with E-state index in [9.17, 15) is 0 Å². The zero-order valence-corrected chi connectivity index (χ0v) is 15.7. The van der Waals surface area contributed by atoms with Crippen LogP contribution in [0.25, 0.3) is 0 Å². The molecule has 0 rings (SSSR count). The number of methoxy groups -OCH3 is 2. The Labute approximate surface area is 131 Å². The Hall–Kier alpha value is -0.203. The summed E-state index contributed by atoms with van der Waals surface area (Å²) >= 11 is 0. The van der Waals surface area contributed by atoms with E-state index in [1.54, 1.807) is 20.3 Å². The second-order valence-electron chi connectivity index (χ2n) is 5.51. The number of ether oxygens (including phenoxy) is 3. The summed E-state index contributed by atoms with van der Waals surface area (Å²) in [4.78, 5) is 0. The van der Waals surface area contributed by atoms with Crippen LogP contribution in [0.4, 0.5) is 0 Å². The first-order chi connectivity index (χ1) is 10.0. The van der Waals surface area contributed by atoms with E-state index in [1.165, 1.54) is 0 Å². The molecule has 0 saturated carbocycles. The standard InChI is InChI=1S/C16H34O4Si/c1-8-15(19-13-17-6)16(18-7)14(5)12-20-21(9-2,10-3)11-4/h8,14-16H,1,9-13H2,2-7H3/t14-,15-,16-/m0/s1. The SMILES string of the molecule is C=C[C@H](OCOC)[C@@H](OC)[C@@H](C)CO[Si](CC)(CC)CC. The van der Waals surface area contributed by atoms with Crippen molar-refractivity contribution in [2.75, 3.05) is 27.6 Å². The molecule has 0 aliphatic carbocycles. The van der Waals surface area contributed by atoms with Gasteiger partial charge in [0.15, 0.2) is 8.32 Å². The smallest absolute Gasteiger partial charge is 0.191 e. The lowest BCUT2D eigenvalue weighted by Gasteiger charge is -2.33. The minimum absolute atomic E-state index is 0.0741. The van der Waals surface area contributed by atoms with Gasteiger partial charge in [0, 0.05) is 26.7 Å². The first kappa shape index (κ1) is 20.8. The van der Waals surface area contributed by atoms with Crippen LogP contribution in [0.3, 0.4) is 0 Å². The Balaban J connectivity index is 4.63. The molecule has 0 aliphatic rings. The Morgan fingerprint density at radius 2 is 1.67 bits per heavy atom. The minimum Gasteiger partial charge on any atom is -0.416 e. The molecule has 4 nitrogen and oxygen atoms in total. The summed E-state index contributed by atoms with van der Waals surface area (Å²) in [5.41, 5.74) is 0. The van der Waals surface area contributed by atoms with Gasteiger partial charge in [0.25, 0.3) is 0 Å². The van der Waals surface area contributed by atoms with Gasteiger partial charge in [-0.1, -0.05) is 33.8 Å². The highest BCUT2D eigenvalue weighted by atomic mass is 28.4. The van der Waals surface area contributed by atoms with Crippen LogP contribution in [-0.2, 0) is 18.6 Å². The zero-order chi connectivity index (χ0) is 16.3. The van der Waals surface area contributed by atoms with E-state index in [-0.39, 0.29) is 24.9 Å². The molecule has 0 spiro atoms. The van der Waals surface area contributed by atoms with Crippen molar-refractivity contribution in [3.8, 4) is 0 Å². The highest BCUT2D eigenvalue weighted by molar-refractivity contribution is 6.73. The van der Waals surface area contributed by atoms with Crippen molar-refractivity contribution in [2.24, 2.45) is 5.92 Å². The molecule has 0 aromatic carbocycles. The summed E-state index contributed by atoms with van der Waals surface area (Å²) in [6.45, 7) is 13.6. The maximum atomic E-state index is 6.36. The molecular weight excluding hydrogens is 284 g/mol. The van der Waals surface area contributed by atoms with E-state index < -0.39 is 8.32 Å². The molecule has 0 N–H and O–H groups in total. The van der Waals surface area contributed by atoms with Crippen LogP contribution in [0.5, 0.6) is 0 Å². The van der Waals surface area contributed by atoms with Crippen molar-refractivity contribution < 1.29 is 18.6 Å². The van der Waals surface area contributed by atoms with Crippen LogP contribution >= 0.6 is 0 Å². The Bertz CT molecular complexity index is 261. The van der Waals surface area contributed by atoms with E-state index in [0.29, 0.717) is 6.61 Å². The van der Waals surface area contributed by atoms with E-state index in [1.807, 2.05) is 0 Å². The third kappa shape index (κ3) is 6.61. The van der Waals surface area contributed by atoms with Gasteiger partial charge in [-0.3, -0.25) is 0 Å². The monoisotopic (exact) mass is 318 g/mol. The molecule has 21 heavy (non-hydrogen) atoms. The van der Waals surface area contributed by atoms with E-state index in [0.717, 1.165) is 18.1 Å². The Morgan fingerprint density at radius 3 is 2.05 bits per heavy atom. The topological polar surface area (TPSA) is 36.9 Å². The van der Waals surface area contributed by atoms with Gasteiger partial charge < -0.3 is 18.6 Å². The van der Waals surface area contributed by atoms with E-state index in [4.69, 9.17) is 18.6 Å². The van der Waals surface area contributed by atoms with Gasteiger partial charge in [0.1, 0.15) is 12.9 Å². The lowest BCUT2D eigenvalue weighted by Crippen LogP contribution is -2.42. The summed E-state index contributed by atoms with van der Waals surface area (Å²) in [5.74, 6) is 0.242. The van der Waals surface area contributed by atoms with Gasteiger partial charge in [0.05, 0.1) is 6.10 Å². The van der Waals surface area contributed by atoms with Crippen molar-refractivity contribution in [1.82, 2.24) is 0 Å². The first-order valence-corrected chi connectivity index (χ1v) is 10.5.